The van der Waals surface area contributed by atoms with Gasteiger partial charge in [-0.15, -0.1) is 0 Å². The second kappa shape index (κ2) is 7.28. The van der Waals surface area contributed by atoms with Crippen molar-refractivity contribution in [3.05, 3.63) is 30.3 Å². The molecule has 3 rings (SSSR count). The maximum atomic E-state index is 2.70. The van der Waals surface area contributed by atoms with Crippen LogP contribution in [0.1, 0.15) is 26.2 Å². The summed E-state index contributed by atoms with van der Waals surface area (Å²) in [6.45, 7) is 10.9. The third kappa shape index (κ3) is 3.78. The smallest absolute Gasteiger partial charge is 0.0366 e. The molecule has 2 aliphatic heterocycles. The molecule has 0 unspecified atom stereocenters. The molecule has 2 fully saturated rings. The fraction of sp³-hybridized carbons (Fsp3) is 0.667. The molecule has 1 aromatic carbocycles. The van der Waals surface area contributed by atoms with Gasteiger partial charge in [0.05, 0.1) is 0 Å². The largest absolute Gasteiger partial charge is 0.370 e. The Morgan fingerprint density at radius 2 is 1.81 bits per heavy atom. The maximum absolute atomic E-state index is 2.70. The number of benzene rings is 1. The number of nitrogens with zero attached hydrogens (tertiary/aromatic N) is 3. The molecule has 21 heavy (non-hydrogen) atoms. The zero-order valence-electron chi connectivity index (χ0n) is 13.4. The van der Waals surface area contributed by atoms with Gasteiger partial charge in [0.25, 0.3) is 0 Å². The van der Waals surface area contributed by atoms with Crippen molar-refractivity contribution in [3.63, 3.8) is 0 Å². The van der Waals surface area contributed by atoms with E-state index >= 15 is 0 Å². The summed E-state index contributed by atoms with van der Waals surface area (Å²) in [4.78, 5) is 7.91. The Balaban J connectivity index is 1.54. The summed E-state index contributed by atoms with van der Waals surface area (Å²) in [5.41, 5.74) is 1.38. The van der Waals surface area contributed by atoms with Crippen LogP contribution < -0.4 is 4.90 Å². The highest BCUT2D eigenvalue weighted by Gasteiger charge is 2.26. The van der Waals surface area contributed by atoms with Crippen LogP contribution >= 0.6 is 0 Å². The van der Waals surface area contributed by atoms with Gasteiger partial charge in [-0.2, -0.15) is 0 Å². The molecule has 0 bridgehead atoms. The molecule has 0 radical (unpaired) electrons. The van der Waals surface area contributed by atoms with Crippen molar-refractivity contribution in [1.29, 1.82) is 0 Å². The Morgan fingerprint density at radius 1 is 0.952 bits per heavy atom. The molecule has 0 aromatic heterocycles. The minimum atomic E-state index is 0.804. The molecule has 116 valence electrons. The topological polar surface area (TPSA) is 9.72 Å². The van der Waals surface area contributed by atoms with Gasteiger partial charge < -0.3 is 4.90 Å². The van der Waals surface area contributed by atoms with Crippen LogP contribution in [0, 0.1) is 0 Å². The predicted molar refractivity (Wildman–Crippen MR) is 90.0 cm³/mol. The maximum Gasteiger partial charge on any atom is 0.0366 e. The molecule has 2 aliphatic rings. The number of para-hydroxylation sites is 1. The second-order valence-electron chi connectivity index (χ2n) is 6.40. The highest BCUT2D eigenvalue weighted by molar-refractivity contribution is 5.46. The lowest BCUT2D eigenvalue weighted by molar-refractivity contribution is 0.184. The van der Waals surface area contributed by atoms with Gasteiger partial charge in [-0.25, -0.2) is 0 Å². The van der Waals surface area contributed by atoms with Crippen molar-refractivity contribution in [1.82, 2.24) is 9.80 Å². The van der Waals surface area contributed by atoms with Gasteiger partial charge in [-0.1, -0.05) is 25.1 Å². The van der Waals surface area contributed by atoms with E-state index in [2.05, 4.69) is 52.0 Å². The average Bonchev–Trinajstić information content (AvgIpc) is 2.84. The summed E-state index contributed by atoms with van der Waals surface area (Å²) in [6, 6.07) is 11.7. The zero-order valence-corrected chi connectivity index (χ0v) is 13.4. The normalized spacial score (nSPS) is 25.2. The first kappa shape index (κ1) is 14.9. The van der Waals surface area contributed by atoms with Gasteiger partial charge >= 0.3 is 0 Å². The fourth-order valence-corrected chi connectivity index (χ4v) is 3.87. The van der Waals surface area contributed by atoms with E-state index in [-0.39, 0.29) is 0 Å². The first-order valence-corrected chi connectivity index (χ1v) is 8.63. The summed E-state index contributed by atoms with van der Waals surface area (Å²) in [5, 5.41) is 0. The molecule has 0 amide bonds. The van der Waals surface area contributed by atoms with Crippen molar-refractivity contribution in [3.8, 4) is 0 Å². The lowest BCUT2D eigenvalue weighted by Crippen LogP contribution is -2.41. The molecule has 0 spiro atoms. The molecule has 2 saturated heterocycles. The van der Waals surface area contributed by atoms with Crippen molar-refractivity contribution >= 4 is 5.69 Å². The Labute approximate surface area is 129 Å². The quantitative estimate of drug-likeness (QED) is 0.843. The number of hydrogen-bond donors (Lipinski definition) is 0. The van der Waals surface area contributed by atoms with Crippen molar-refractivity contribution < 1.29 is 0 Å². The van der Waals surface area contributed by atoms with E-state index in [9.17, 15) is 0 Å². The Hall–Kier alpha value is -1.06. The van der Waals surface area contributed by atoms with Gasteiger partial charge in [-0.05, 0) is 51.0 Å². The minimum Gasteiger partial charge on any atom is -0.370 e. The summed E-state index contributed by atoms with van der Waals surface area (Å²) in [6.07, 6.45) is 4.07. The standard InChI is InChI=1S/C18H29N3/c1-2-20-12-6-10-18(20)16-19-11-7-13-21(15-14-19)17-8-4-3-5-9-17/h3-5,8-9,18H,2,6-7,10-16H2,1H3/t18-/m0/s1. The lowest BCUT2D eigenvalue weighted by atomic mass is 10.2. The van der Waals surface area contributed by atoms with E-state index in [0.29, 0.717) is 0 Å². The summed E-state index contributed by atoms with van der Waals surface area (Å²) in [7, 11) is 0. The van der Waals surface area contributed by atoms with E-state index in [1.165, 1.54) is 70.8 Å². The van der Waals surface area contributed by atoms with Gasteiger partial charge in [0.1, 0.15) is 0 Å². The zero-order chi connectivity index (χ0) is 14.5. The summed E-state index contributed by atoms with van der Waals surface area (Å²) >= 11 is 0. The summed E-state index contributed by atoms with van der Waals surface area (Å²) < 4.78 is 0. The number of anilines is 1. The highest BCUT2D eigenvalue weighted by Crippen LogP contribution is 2.20. The van der Waals surface area contributed by atoms with Gasteiger partial charge in [0, 0.05) is 37.9 Å². The molecule has 3 nitrogen and oxygen atoms in total. The molecule has 0 saturated carbocycles. The lowest BCUT2D eigenvalue weighted by Gasteiger charge is -2.29. The number of likely N-dealkylation sites (N-methyl/N-ethyl adjacent to an activating group) is 1. The summed E-state index contributed by atoms with van der Waals surface area (Å²) in [5.74, 6) is 0. The van der Waals surface area contributed by atoms with E-state index in [4.69, 9.17) is 0 Å². The van der Waals surface area contributed by atoms with Crippen LogP contribution in [0.3, 0.4) is 0 Å². The fourth-order valence-electron chi connectivity index (χ4n) is 3.87. The molecule has 1 atom stereocenters. The van der Waals surface area contributed by atoms with E-state index in [0.717, 1.165) is 6.04 Å². The molecule has 0 N–H and O–H groups in total. The van der Waals surface area contributed by atoms with E-state index in [1.54, 1.807) is 0 Å². The molecule has 3 heteroatoms. The van der Waals surface area contributed by atoms with Crippen molar-refractivity contribution in [2.45, 2.75) is 32.2 Å². The van der Waals surface area contributed by atoms with Crippen LogP contribution in [0.5, 0.6) is 0 Å². The molecular formula is C18H29N3. The SMILES string of the molecule is CCN1CCC[C@H]1CN1CCCN(c2ccccc2)CC1. The third-order valence-electron chi connectivity index (χ3n) is 5.08. The third-order valence-corrected chi connectivity index (χ3v) is 5.08. The number of likely N-dealkylation sites (tertiary alicyclic amines) is 1. The van der Waals surface area contributed by atoms with Crippen LogP contribution in [0.2, 0.25) is 0 Å². The van der Waals surface area contributed by atoms with Gasteiger partial charge in [0.2, 0.25) is 0 Å². The van der Waals surface area contributed by atoms with Crippen LogP contribution in [0.25, 0.3) is 0 Å². The molecule has 0 aliphatic carbocycles. The molecule has 1 aromatic rings. The minimum absolute atomic E-state index is 0.804. The molecule has 2 heterocycles. The van der Waals surface area contributed by atoms with Crippen LogP contribution in [-0.4, -0.2) is 61.7 Å². The number of hydrogen-bond acceptors (Lipinski definition) is 3. The Morgan fingerprint density at radius 3 is 2.62 bits per heavy atom. The van der Waals surface area contributed by atoms with Gasteiger partial charge in [-0.3, -0.25) is 9.80 Å². The number of rotatable bonds is 4. The first-order chi connectivity index (χ1) is 10.4. The Kier molecular flexibility index (Phi) is 5.15. The van der Waals surface area contributed by atoms with E-state index in [1.807, 2.05) is 0 Å². The molecular weight excluding hydrogens is 258 g/mol. The van der Waals surface area contributed by atoms with Crippen LogP contribution in [0.15, 0.2) is 30.3 Å². The first-order valence-electron chi connectivity index (χ1n) is 8.63. The van der Waals surface area contributed by atoms with Gasteiger partial charge in [0.15, 0.2) is 0 Å². The predicted octanol–water partition coefficient (Wildman–Crippen LogP) is 2.68. The monoisotopic (exact) mass is 287 g/mol. The Bertz CT molecular complexity index is 420. The van der Waals surface area contributed by atoms with Crippen LogP contribution in [0.4, 0.5) is 5.69 Å². The highest BCUT2D eigenvalue weighted by atomic mass is 15.3. The van der Waals surface area contributed by atoms with Crippen molar-refractivity contribution in [2.75, 3.05) is 50.7 Å². The average molecular weight is 287 g/mol. The van der Waals surface area contributed by atoms with Crippen molar-refractivity contribution in [2.24, 2.45) is 0 Å². The van der Waals surface area contributed by atoms with E-state index < -0.39 is 0 Å². The van der Waals surface area contributed by atoms with Crippen LogP contribution in [-0.2, 0) is 0 Å². The second-order valence-corrected chi connectivity index (χ2v) is 6.40.